The highest BCUT2D eigenvalue weighted by atomic mass is 35.5. The number of aromatic amines is 1. The average Bonchev–Trinajstić information content (AvgIpc) is 2.99. The lowest BCUT2D eigenvalue weighted by atomic mass is 10.2. The molecule has 0 aliphatic carbocycles. The van der Waals surface area contributed by atoms with Gasteiger partial charge in [-0.25, -0.2) is 9.97 Å². The van der Waals surface area contributed by atoms with Gasteiger partial charge in [0.25, 0.3) is 0 Å². The summed E-state index contributed by atoms with van der Waals surface area (Å²) in [5, 5.41) is 0. The van der Waals surface area contributed by atoms with Gasteiger partial charge in [-0.3, -0.25) is 0 Å². The van der Waals surface area contributed by atoms with E-state index in [0.717, 1.165) is 34.1 Å². The fourth-order valence-corrected chi connectivity index (χ4v) is 2.84. The van der Waals surface area contributed by atoms with Gasteiger partial charge in [0, 0.05) is 16.8 Å². The maximum absolute atomic E-state index is 5.92. The number of aromatic nitrogens is 3. The molecule has 0 spiro atoms. The molecule has 0 atom stereocenters. The van der Waals surface area contributed by atoms with Crippen molar-refractivity contribution >= 4 is 47.1 Å². The molecule has 0 amide bonds. The Morgan fingerprint density at radius 3 is 2.83 bits per heavy atom. The topological polar surface area (TPSA) is 50.8 Å². The number of benzene rings is 1. The molecular weight excluding hydrogens is 350 g/mol. The number of H-pyrrole nitrogens is 1. The Hall–Kier alpha value is -1.37. The Morgan fingerprint density at radius 1 is 1.22 bits per heavy atom. The third kappa shape index (κ3) is 4.13. The highest BCUT2D eigenvalue weighted by Gasteiger charge is 2.12. The van der Waals surface area contributed by atoms with Gasteiger partial charge in [0.15, 0.2) is 5.65 Å². The molecule has 0 unspecified atom stereocenters. The summed E-state index contributed by atoms with van der Waals surface area (Å²) in [4.78, 5) is 13.4. The zero-order valence-electron chi connectivity index (χ0n) is 12.9. The number of imidazole rings is 1. The number of nitrogens with zero attached hydrogens (tertiary/aromatic N) is 2. The molecule has 122 valence electrons. The summed E-state index contributed by atoms with van der Waals surface area (Å²) in [5.41, 5.74) is 2.63. The van der Waals surface area contributed by atoms with Crippen LogP contribution in [0.4, 0.5) is 0 Å². The maximum Gasteiger partial charge on any atom is 0.178 e. The van der Waals surface area contributed by atoms with Gasteiger partial charge in [0.2, 0.25) is 0 Å². The molecule has 0 saturated carbocycles. The number of rotatable bonds is 6. The van der Waals surface area contributed by atoms with Crippen molar-refractivity contribution in [2.75, 3.05) is 24.9 Å². The van der Waals surface area contributed by atoms with Crippen molar-refractivity contribution in [3.63, 3.8) is 0 Å². The van der Waals surface area contributed by atoms with Gasteiger partial charge in [-0.2, -0.15) is 11.8 Å². The van der Waals surface area contributed by atoms with Gasteiger partial charge >= 0.3 is 0 Å². The molecule has 2 aromatic heterocycles. The number of pyridine rings is 1. The van der Waals surface area contributed by atoms with Crippen LogP contribution in [-0.4, -0.2) is 39.8 Å². The number of ether oxygens (including phenoxy) is 1. The van der Waals surface area contributed by atoms with E-state index in [1.807, 2.05) is 18.2 Å². The molecule has 23 heavy (non-hydrogen) atoms. The minimum Gasteiger partial charge on any atom is -0.492 e. The molecule has 0 aliphatic heterocycles. The van der Waals surface area contributed by atoms with Crippen molar-refractivity contribution in [1.29, 1.82) is 0 Å². The second-order valence-corrected chi connectivity index (χ2v) is 6.53. The number of hydrogen-bond acceptors (Lipinski definition) is 5. The average molecular weight is 368 g/mol. The first-order valence-corrected chi connectivity index (χ1v) is 9.54. The van der Waals surface area contributed by atoms with Crippen LogP contribution in [0.25, 0.3) is 22.6 Å². The van der Waals surface area contributed by atoms with Crippen LogP contribution in [-0.2, 0) is 0 Å². The Morgan fingerprint density at radius 2 is 2.09 bits per heavy atom. The van der Waals surface area contributed by atoms with Gasteiger partial charge in [-0.15, -0.1) is 24.2 Å². The first-order chi connectivity index (χ1) is 10.8. The Bertz CT molecular complexity index is 746. The highest BCUT2D eigenvalue weighted by Crippen LogP contribution is 2.33. The molecule has 0 bridgehead atoms. The van der Waals surface area contributed by atoms with Gasteiger partial charge in [-0.1, -0.05) is 0 Å². The van der Waals surface area contributed by atoms with Crippen molar-refractivity contribution in [1.82, 2.24) is 15.0 Å². The van der Waals surface area contributed by atoms with E-state index in [9.17, 15) is 0 Å². The molecule has 0 fully saturated rings. The van der Waals surface area contributed by atoms with Crippen LogP contribution in [0, 0.1) is 0 Å². The van der Waals surface area contributed by atoms with Crippen molar-refractivity contribution in [3.8, 4) is 17.1 Å². The number of thioether (sulfide) groups is 2. The van der Waals surface area contributed by atoms with Crippen molar-refractivity contribution in [3.05, 3.63) is 36.5 Å². The molecule has 0 saturated heterocycles. The largest absolute Gasteiger partial charge is 0.492 e. The van der Waals surface area contributed by atoms with E-state index < -0.39 is 0 Å². The van der Waals surface area contributed by atoms with E-state index in [1.54, 1.807) is 29.7 Å². The van der Waals surface area contributed by atoms with Crippen LogP contribution in [0.15, 0.2) is 41.4 Å². The molecule has 0 aliphatic rings. The van der Waals surface area contributed by atoms with E-state index in [-0.39, 0.29) is 12.4 Å². The van der Waals surface area contributed by atoms with E-state index in [4.69, 9.17) is 4.74 Å². The fourth-order valence-electron chi connectivity index (χ4n) is 2.15. The predicted octanol–water partition coefficient (Wildman–Crippen LogP) is 4.51. The number of hydrogen-bond donors (Lipinski definition) is 1. The summed E-state index contributed by atoms with van der Waals surface area (Å²) >= 11 is 3.48. The summed E-state index contributed by atoms with van der Waals surface area (Å²) in [6.45, 7) is 0.686. The van der Waals surface area contributed by atoms with Crippen molar-refractivity contribution in [2.45, 2.75) is 4.90 Å². The number of nitrogens with one attached hydrogen (secondary N) is 1. The van der Waals surface area contributed by atoms with Gasteiger partial charge in [0.05, 0.1) is 17.7 Å². The van der Waals surface area contributed by atoms with E-state index in [1.165, 1.54) is 4.90 Å². The second kappa shape index (κ2) is 8.47. The summed E-state index contributed by atoms with van der Waals surface area (Å²) in [6.07, 6.45) is 5.89. The Balaban J connectivity index is 0.00000192. The molecule has 3 rings (SSSR count). The van der Waals surface area contributed by atoms with Crippen LogP contribution in [0.5, 0.6) is 5.75 Å². The maximum atomic E-state index is 5.92. The van der Waals surface area contributed by atoms with Gasteiger partial charge in [-0.05, 0) is 42.8 Å². The second-order valence-electron chi connectivity index (χ2n) is 4.66. The summed E-state index contributed by atoms with van der Waals surface area (Å²) < 4.78 is 5.92. The molecule has 1 N–H and O–H groups in total. The highest BCUT2D eigenvalue weighted by molar-refractivity contribution is 7.98. The van der Waals surface area contributed by atoms with Crippen LogP contribution < -0.4 is 4.74 Å². The third-order valence-electron chi connectivity index (χ3n) is 3.24. The van der Waals surface area contributed by atoms with Crippen LogP contribution in [0.1, 0.15) is 0 Å². The van der Waals surface area contributed by atoms with E-state index in [2.05, 4.69) is 39.6 Å². The molecule has 7 heteroatoms. The first-order valence-electron chi connectivity index (χ1n) is 6.92. The van der Waals surface area contributed by atoms with E-state index in [0.29, 0.717) is 6.61 Å². The van der Waals surface area contributed by atoms with Gasteiger partial charge in [0.1, 0.15) is 11.6 Å². The minimum atomic E-state index is 0. The summed E-state index contributed by atoms with van der Waals surface area (Å²) in [7, 11) is 0. The normalized spacial score (nSPS) is 10.5. The third-order valence-corrected chi connectivity index (χ3v) is 4.54. The molecule has 4 nitrogen and oxygen atoms in total. The zero-order chi connectivity index (χ0) is 15.4. The Kier molecular flexibility index (Phi) is 6.62. The smallest absolute Gasteiger partial charge is 0.178 e. The van der Waals surface area contributed by atoms with Crippen molar-refractivity contribution in [2.24, 2.45) is 0 Å². The predicted molar refractivity (Wildman–Crippen MR) is 102 cm³/mol. The van der Waals surface area contributed by atoms with Crippen molar-refractivity contribution < 1.29 is 4.74 Å². The van der Waals surface area contributed by atoms with Crippen LogP contribution in [0.2, 0.25) is 0 Å². The monoisotopic (exact) mass is 367 g/mol. The fraction of sp³-hybridized carbons (Fsp3) is 0.250. The standard InChI is InChI=1S/C16H17N3OS2.ClH/c1-21-9-8-20-14-6-5-11(22-2)10-12(14)15-18-13-4-3-7-17-16(13)19-15;/h3-7,10H,8-9H2,1-2H3,(H,17,18,19);1H. The Labute approximate surface area is 150 Å². The lowest BCUT2D eigenvalue weighted by Gasteiger charge is -2.11. The quantitative estimate of drug-likeness (QED) is 0.513. The van der Waals surface area contributed by atoms with Gasteiger partial charge < -0.3 is 9.72 Å². The number of fused-ring (bicyclic) bond motifs is 1. The molecule has 0 radical (unpaired) electrons. The molecule has 3 aromatic rings. The first kappa shape index (κ1) is 18.0. The lowest BCUT2D eigenvalue weighted by molar-refractivity contribution is 0.345. The minimum absolute atomic E-state index is 0. The van der Waals surface area contributed by atoms with Crippen LogP contribution >= 0.6 is 35.9 Å². The number of halogens is 1. The van der Waals surface area contributed by atoms with E-state index >= 15 is 0 Å². The SMILES string of the molecule is CSCCOc1ccc(SC)cc1-c1nc2ncccc2[nH]1.Cl. The zero-order valence-corrected chi connectivity index (χ0v) is 15.4. The lowest BCUT2D eigenvalue weighted by Crippen LogP contribution is -2.01. The molecule has 1 aromatic carbocycles. The molecule has 2 heterocycles. The summed E-state index contributed by atoms with van der Waals surface area (Å²) in [6, 6.07) is 10.1. The molecular formula is C16H18ClN3OS2. The summed E-state index contributed by atoms with van der Waals surface area (Å²) in [5.74, 6) is 2.61. The van der Waals surface area contributed by atoms with Crippen LogP contribution in [0.3, 0.4) is 0 Å².